The smallest absolute Gasteiger partial charge is 0.321 e. The van der Waals surface area contributed by atoms with Crippen LogP contribution in [0.2, 0.25) is 10.0 Å². The highest BCUT2D eigenvalue weighted by molar-refractivity contribution is 6.42. The number of nitrogens with one attached hydrogen (secondary N) is 3. The van der Waals surface area contributed by atoms with Crippen LogP contribution in [0, 0.1) is 5.82 Å². The standard InChI is InChI=1S/C23H15Cl2FN4O3/c24-14-5-8-16(9-6-14)27-21(31)20-12-13-11-15(25)7-10-19(13)30(20)29-23(33)22(32)28-18-4-2-1-3-17(18)26/h1-12H,(H,27,31)(H,28,32)(H,29,33). The number of halogens is 3. The number of para-hydroxylation sites is 1. The van der Waals surface area contributed by atoms with Gasteiger partial charge in [-0.3, -0.25) is 19.8 Å². The highest BCUT2D eigenvalue weighted by Gasteiger charge is 2.22. The van der Waals surface area contributed by atoms with E-state index in [1.165, 1.54) is 28.9 Å². The quantitative estimate of drug-likeness (QED) is 0.354. The van der Waals surface area contributed by atoms with Crippen molar-refractivity contribution >= 4 is 63.2 Å². The Balaban J connectivity index is 1.63. The number of carbonyl (C=O) groups is 3. The first-order valence-corrected chi connectivity index (χ1v) is 10.3. The van der Waals surface area contributed by atoms with E-state index in [0.717, 1.165) is 6.07 Å². The molecule has 166 valence electrons. The van der Waals surface area contributed by atoms with E-state index < -0.39 is 23.5 Å². The Hall–Kier alpha value is -3.88. The van der Waals surface area contributed by atoms with Crippen LogP contribution in [0.1, 0.15) is 10.5 Å². The number of hydrogen-bond acceptors (Lipinski definition) is 3. The third-order valence-corrected chi connectivity index (χ3v) is 5.13. The first-order valence-electron chi connectivity index (χ1n) is 9.56. The number of fused-ring (bicyclic) bond motifs is 1. The van der Waals surface area contributed by atoms with Gasteiger partial charge in [-0.1, -0.05) is 35.3 Å². The molecule has 0 bridgehead atoms. The first-order chi connectivity index (χ1) is 15.8. The van der Waals surface area contributed by atoms with E-state index in [9.17, 15) is 18.8 Å². The molecule has 3 amide bonds. The third kappa shape index (κ3) is 4.97. The zero-order chi connectivity index (χ0) is 23.5. The number of carbonyl (C=O) groups excluding carboxylic acids is 3. The van der Waals surface area contributed by atoms with Gasteiger partial charge in [-0.2, -0.15) is 0 Å². The van der Waals surface area contributed by atoms with Gasteiger partial charge >= 0.3 is 11.8 Å². The van der Waals surface area contributed by atoms with Gasteiger partial charge in [-0.15, -0.1) is 0 Å². The molecule has 4 aromatic rings. The van der Waals surface area contributed by atoms with Gasteiger partial charge in [0.05, 0.1) is 11.2 Å². The molecule has 0 atom stereocenters. The van der Waals surface area contributed by atoms with Crippen molar-refractivity contribution in [3.8, 4) is 0 Å². The molecule has 0 aliphatic carbocycles. The molecule has 1 heterocycles. The molecule has 3 N–H and O–H groups in total. The SMILES string of the molecule is O=C(Nc1ccccc1F)C(=O)Nn1c(C(=O)Nc2ccc(Cl)cc2)cc2cc(Cl)ccc21. The number of anilines is 2. The number of nitrogens with zero attached hydrogens (tertiary/aromatic N) is 1. The molecule has 0 saturated carbocycles. The maximum Gasteiger partial charge on any atom is 0.328 e. The van der Waals surface area contributed by atoms with Crippen molar-refractivity contribution in [3.05, 3.63) is 94.4 Å². The van der Waals surface area contributed by atoms with Crippen LogP contribution in [0.4, 0.5) is 15.8 Å². The van der Waals surface area contributed by atoms with Crippen molar-refractivity contribution in [2.75, 3.05) is 16.1 Å². The topological polar surface area (TPSA) is 92.2 Å². The first kappa shape index (κ1) is 22.3. The van der Waals surface area contributed by atoms with E-state index in [1.807, 2.05) is 0 Å². The van der Waals surface area contributed by atoms with Crippen LogP contribution in [0.15, 0.2) is 72.8 Å². The predicted octanol–water partition coefficient (Wildman–Crippen LogP) is 5.05. The average molecular weight is 485 g/mol. The Morgan fingerprint density at radius 1 is 0.788 bits per heavy atom. The number of aromatic nitrogens is 1. The van der Waals surface area contributed by atoms with Crippen LogP contribution in [0.5, 0.6) is 0 Å². The number of hydrogen-bond donors (Lipinski definition) is 3. The predicted molar refractivity (Wildman–Crippen MR) is 126 cm³/mol. The summed E-state index contributed by atoms with van der Waals surface area (Å²) >= 11 is 11.9. The fourth-order valence-electron chi connectivity index (χ4n) is 3.10. The minimum Gasteiger partial charge on any atom is -0.321 e. The van der Waals surface area contributed by atoms with Crippen LogP contribution in [-0.4, -0.2) is 22.4 Å². The molecule has 4 rings (SSSR count). The fourth-order valence-corrected chi connectivity index (χ4v) is 3.40. The molecule has 7 nitrogen and oxygen atoms in total. The van der Waals surface area contributed by atoms with Gasteiger partial charge in [-0.05, 0) is 60.7 Å². The van der Waals surface area contributed by atoms with E-state index in [1.54, 1.807) is 42.5 Å². The van der Waals surface area contributed by atoms with Gasteiger partial charge in [0, 0.05) is 21.1 Å². The number of benzene rings is 3. The lowest BCUT2D eigenvalue weighted by Gasteiger charge is -2.13. The number of amides is 3. The molecule has 0 saturated heterocycles. The molecular formula is C23H15Cl2FN4O3. The second-order valence-corrected chi connectivity index (χ2v) is 7.78. The molecule has 0 aliphatic rings. The molecular weight excluding hydrogens is 470 g/mol. The van der Waals surface area contributed by atoms with Crippen LogP contribution >= 0.6 is 23.2 Å². The molecule has 0 unspecified atom stereocenters. The summed E-state index contributed by atoms with van der Waals surface area (Å²) in [5, 5.41) is 6.38. The maximum absolute atomic E-state index is 13.8. The lowest BCUT2D eigenvalue weighted by molar-refractivity contribution is -0.133. The molecule has 0 aliphatic heterocycles. The summed E-state index contributed by atoms with van der Waals surface area (Å²) in [7, 11) is 0. The van der Waals surface area contributed by atoms with Crippen molar-refractivity contribution < 1.29 is 18.8 Å². The Kier molecular flexibility index (Phi) is 6.30. The molecule has 33 heavy (non-hydrogen) atoms. The minimum absolute atomic E-state index is 0.0364. The Labute approximate surface area is 197 Å². The van der Waals surface area contributed by atoms with Gasteiger partial charge in [0.15, 0.2) is 0 Å². The third-order valence-electron chi connectivity index (χ3n) is 4.64. The van der Waals surface area contributed by atoms with Crippen molar-refractivity contribution in [1.29, 1.82) is 0 Å². The normalized spacial score (nSPS) is 10.6. The maximum atomic E-state index is 13.8. The summed E-state index contributed by atoms with van der Waals surface area (Å²) in [6.07, 6.45) is 0. The number of rotatable bonds is 4. The van der Waals surface area contributed by atoms with Gasteiger partial charge in [0.2, 0.25) is 0 Å². The zero-order valence-electron chi connectivity index (χ0n) is 16.7. The Morgan fingerprint density at radius 2 is 1.48 bits per heavy atom. The van der Waals surface area contributed by atoms with E-state index >= 15 is 0 Å². The summed E-state index contributed by atoms with van der Waals surface area (Å²) in [6.45, 7) is 0. The molecule has 0 fully saturated rings. The van der Waals surface area contributed by atoms with Crippen molar-refractivity contribution in [2.45, 2.75) is 0 Å². The second-order valence-electron chi connectivity index (χ2n) is 6.90. The van der Waals surface area contributed by atoms with Crippen LogP contribution in [-0.2, 0) is 9.59 Å². The van der Waals surface area contributed by atoms with Gasteiger partial charge in [-0.25, -0.2) is 9.07 Å². The van der Waals surface area contributed by atoms with Crippen molar-refractivity contribution in [1.82, 2.24) is 4.68 Å². The largest absolute Gasteiger partial charge is 0.328 e. The molecule has 3 aromatic carbocycles. The summed E-state index contributed by atoms with van der Waals surface area (Å²) in [4.78, 5) is 37.9. The summed E-state index contributed by atoms with van der Waals surface area (Å²) in [6, 6.07) is 18.2. The van der Waals surface area contributed by atoms with E-state index in [-0.39, 0.29) is 11.4 Å². The van der Waals surface area contributed by atoms with Crippen LogP contribution < -0.4 is 16.1 Å². The van der Waals surface area contributed by atoms with Crippen LogP contribution in [0.3, 0.4) is 0 Å². The monoisotopic (exact) mass is 484 g/mol. The molecule has 0 spiro atoms. The molecule has 1 aromatic heterocycles. The van der Waals surface area contributed by atoms with Gasteiger partial charge < -0.3 is 10.6 Å². The molecule has 10 heteroatoms. The Bertz CT molecular complexity index is 1390. The fraction of sp³-hybridized carbons (Fsp3) is 0. The lowest BCUT2D eigenvalue weighted by atomic mass is 10.2. The van der Waals surface area contributed by atoms with Crippen molar-refractivity contribution in [2.24, 2.45) is 0 Å². The van der Waals surface area contributed by atoms with Crippen LogP contribution in [0.25, 0.3) is 10.9 Å². The minimum atomic E-state index is -1.11. The summed E-state index contributed by atoms with van der Waals surface area (Å²) in [5.74, 6) is -3.46. The zero-order valence-corrected chi connectivity index (χ0v) is 18.2. The Morgan fingerprint density at radius 3 is 2.21 bits per heavy atom. The second kappa shape index (κ2) is 9.32. The average Bonchev–Trinajstić information content (AvgIpc) is 3.14. The van der Waals surface area contributed by atoms with Gasteiger partial charge in [0.1, 0.15) is 11.5 Å². The highest BCUT2D eigenvalue weighted by atomic mass is 35.5. The van der Waals surface area contributed by atoms with E-state index in [2.05, 4.69) is 16.1 Å². The molecule has 0 radical (unpaired) electrons. The van der Waals surface area contributed by atoms with Crippen molar-refractivity contribution in [3.63, 3.8) is 0 Å². The summed E-state index contributed by atoms with van der Waals surface area (Å²) in [5.41, 5.74) is 3.17. The van der Waals surface area contributed by atoms with E-state index in [0.29, 0.717) is 26.6 Å². The van der Waals surface area contributed by atoms with Gasteiger partial charge in [0.25, 0.3) is 5.91 Å². The summed E-state index contributed by atoms with van der Waals surface area (Å²) < 4.78 is 15.0. The lowest BCUT2D eigenvalue weighted by Crippen LogP contribution is -2.36. The highest BCUT2D eigenvalue weighted by Crippen LogP contribution is 2.24. The van der Waals surface area contributed by atoms with E-state index in [4.69, 9.17) is 23.2 Å².